The van der Waals surface area contributed by atoms with Crippen molar-refractivity contribution in [3.63, 3.8) is 0 Å². The highest BCUT2D eigenvalue weighted by molar-refractivity contribution is 5.95. The number of nitrogens with one attached hydrogen (secondary N) is 1. The van der Waals surface area contributed by atoms with Gasteiger partial charge >= 0.3 is 0 Å². The van der Waals surface area contributed by atoms with Crippen LogP contribution in [0.1, 0.15) is 112 Å². The van der Waals surface area contributed by atoms with Gasteiger partial charge in [-0.05, 0) is 43.7 Å². The van der Waals surface area contributed by atoms with Crippen molar-refractivity contribution >= 4 is 11.7 Å². The minimum absolute atomic E-state index is 0.0165. The number of fused-ring (bicyclic) bond motifs is 3. The van der Waals surface area contributed by atoms with Gasteiger partial charge in [-0.2, -0.15) is 0 Å². The number of allylic oxidation sites excluding steroid dienone is 1. The largest absolute Gasteiger partial charge is 0.493 e. The second-order valence-electron chi connectivity index (χ2n) is 11.3. The topological polar surface area (TPSA) is 75.6 Å². The molecule has 0 spiro atoms. The van der Waals surface area contributed by atoms with Crippen molar-refractivity contribution in [2.75, 3.05) is 6.61 Å². The lowest BCUT2D eigenvalue weighted by Gasteiger charge is -2.44. The van der Waals surface area contributed by atoms with E-state index in [0.717, 1.165) is 48.3 Å². The average molecular weight is 532 g/mol. The zero-order valence-electron chi connectivity index (χ0n) is 23.6. The van der Waals surface area contributed by atoms with E-state index >= 15 is 0 Å². The van der Waals surface area contributed by atoms with Crippen LogP contribution in [0.25, 0.3) is 0 Å². The third kappa shape index (κ3) is 8.04. The molecule has 1 aliphatic carbocycles. The first-order valence-corrected chi connectivity index (χ1v) is 15.1. The van der Waals surface area contributed by atoms with Gasteiger partial charge in [0.05, 0.1) is 6.61 Å². The number of hydrogen-bond donors (Lipinski definition) is 2. The summed E-state index contributed by atoms with van der Waals surface area (Å²) >= 11 is 0. The van der Waals surface area contributed by atoms with Crippen molar-refractivity contribution in [1.29, 1.82) is 0 Å². The van der Waals surface area contributed by atoms with Crippen molar-refractivity contribution in [2.24, 2.45) is 5.92 Å². The van der Waals surface area contributed by atoms with Gasteiger partial charge in [-0.25, -0.2) is 0 Å². The molecule has 2 aromatic carbocycles. The monoisotopic (exact) mass is 531 g/mol. The molecular weight excluding hydrogens is 486 g/mol. The van der Waals surface area contributed by atoms with E-state index in [4.69, 9.17) is 4.74 Å². The molecule has 0 bridgehead atoms. The Kier molecular flexibility index (Phi) is 10.8. The summed E-state index contributed by atoms with van der Waals surface area (Å²) in [7, 11) is 0. The number of aryl methyl sites for hydroxylation is 1. The minimum Gasteiger partial charge on any atom is -0.493 e. The zero-order valence-corrected chi connectivity index (χ0v) is 23.6. The lowest BCUT2D eigenvalue weighted by molar-refractivity contribution is -0.121. The van der Waals surface area contributed by atoms with E-state index in [-0.39, 0.29) is 17.6 Å². The van der Waals surface area contributed by atoms with Crippen LogP contribution in [0.3, 0.4) is 0 Å². The van der Waals surface area contributed by atoms with E-state index in [1.54, 1.807) is 0 Å². The van der Waals surface area contributed by atoms with Gasteiger partial charge in [-0.15, -0.1) is 0 Å². The van der Waals surface area contributed by atoms with E-state index in [1.807, 2.05) is 42.5 Å². The third-order valence-corrected chi connectivity index (χ3v) is 8.26. The van der Waals surface area contributed by atoms with E-state index in [1.165, 1.54) is 44.1 Å². The van der Waals surface area contributed by atoms with Crippen LogP contribution >= 0.6 is 0 Å². The first kappa shape index (κ1) is 29.1. The number of Topliss-reactive ketones (excluding diaryl/α,β-unsaturated/α-hetero) is 1. The van der Waals surface area contributed by atoms with Crippen molar-refractivity contribution in [3.8, 4) is 5.75 Å². The average Bonchev–Trinajstić information content (AvgIpc) is 2.94. The standard InChI is InChI=1S/C34H45NO4/c1-2-3-4-5-6-9-14-26-19-22-30-32(23-26)39-25-28-20-21-29(24-34(28,30)38)35-33(37)18-13-8-12-17-31(36)27-15-10-7-11-16-27/h7,10-11,15-16,19,21-23,28,38H,2-6,8-9,12-14,17-18,20,24-25H2,1H3,(H,35,37). The number of amides is 1. The number of unbranched alkanes of at least 4 members (excludes halogenated alkanes) is 7. The molecule has 0 saturated carbocycles. The van der Waals surface area contributed by atoms with Crippen LogP contribution in [-0.2, 0) is 16.8 Å². The first-order valence-electron chi connectivity index (χ1n) is 15.1. The molecule has 39 heavy (non-hydrogen) atoms. The predicted octanol–water partition coefficient (Wildman–Crippen LogP) is 7.41. The molecule has 5 heteroatoms. The quantitative estimate of drug-likeness (QED) is 0.185. The fourth-order valence-electron chi connectivity index (χ4n) is 5.86. The lowest BCUT2D eigenvalue weighted by Crippen LogP contribution is -2.46. The maximum atomic E-state index is 12.6. The van der Waals surface area contributed by atoms with Crippen molar-refractivity contribution < 1.29 is 19.4 Å². The molecule has 0 aromatic heterocycles. The summed E-state index contributed by atoms with van der Waals surface area (Å²) in [4.78, 5) is 24.9. The Morgan fingerprint density at radius 1 is 0.949 bits per heavy atom. The minimum atomic E-state index is -1.03. The van der Waals surface area contributed by atoms with Crippen molar-refractivity contribution in [3.05, 3.63) is 77.0 Å². The van der Waals surface area contributed by atoms with E-state index in [9.17, 15) is 14.7 Å². The van der Waals surface area contributed by atoms with Crippen molar-refractivity contribution in [2.45, 2.75) is 102 Å². The highest BCUT2D eigenvalue weighted by Gasteiger charge is 2.46. The van der Waals surface area contributed by atoms with Crippen LogP contribution in [-0.4, -0.2) is 23.4 Å². The molecule has 4 rings (SSSR count). The number of rotatable bonds is 15. The van der Waals surface area contributed by atoms with Crippen LogP contribution in [0.2, 0.25) is 0 Å². The molecule has 2 unspecified atom stereocenters. The van der Waals surface area contributed by atoms with Crippen LogP contribution < -0.4 is 10.1 Å². The molecule has 0 saturated heterocycles. The number of benzene rings is 2. The molecule has 1 aliphatic heterocycles. The Bertz CT molecular complexity index is 1130. The second kappa shape index (κ2) is 14.5. The van der Waals surface area contributed by atoms with Gasteiger partial charge in [0.2, 0.25) is 5.91 Å². The predicted molar refractivity (Wildman–Crippen MR) is 156 cm³/mol. The first-order chi connectivity index (χ1) is 19.0. The molecule has 1 heterocycles. The van der Waals surface area contributed by atoms with Gasteiger partial charge < -0.3 is 15.2 Å². The number of ether oxygens (including phenoxy) is 1. The normalized spacial score (nSPS) is 19.8. The summed E-state index contributed by atoms with van der Waals surface area (Å²) in [6.07, 6.45) is 15.1. The van der Waals surface area contributed by atoms with Crippen LogP contribution in [0.4, 0.5) is 0 Å². The summed E-state index contributed by atoms with van der Waals surface area (Å²) in [5.41, 5.74) is 2.62. The number of carbonyl (C=O) groups excluding carboxylic acids is 2. The molecule has 2 aromatic rings. The SMILES string of the molecule is CCCCCCCCc1ccc2c(c1)OCC1CC=C(NC(=O)CCCCCC(=O)c3ccccc3)CC21O. The summed E-state index contributed by atoms with van der Waals surface area (Å²) in [5, 5.41) is 14.8. The van der Waals surface area contributed by atoms with Crippen LogP contribution in [0.15, 0.2) is 60.3 Å². The molecule has 0 fully saturated rings. The Hall–Kier alpha value is -2.92. The van der Waals surface area contributed by atoms with E-state index in [0.29, 0.717) is 32.3 Å². The van der Waals surface area contributed by atoms with E-state index < -0.39 is 5.60 Å². The summed E-state index contributed by atoms with van der Waals surface area (Å²) in [6.45, 7) is 2.73. The lowest BCUT2D eigenvalue weighted by atomic mass is 9.71. The van der Waals surface area contributed by atoms with Gasteiger partial charge in [-0.3, -0.25) is 9.59 Å². The second-order valence-corrected chi connectivity index (χ2v) is 11.3. The molecule has 2 N–H and O–H groups in total. The Morgan fingerprint density at radius 3 is 2.51 bits per heavy atom. The Labute approximate surface area is 234 Å². The Balaban J connectivity index is 1.22. The highest BCUT2D eigenvalue weighted by Crippen LogP contribution is 2.48. The van der Waals surface area contributed by atoms with Gasteiger partial charge in [0.15, 0.2) is 5.78 Å². The number of ketones is 1. The smallest absolute Gasteiger partial charge is 0.224 e. The van der Waals surface area contributed by atoms with Gasteiger partial charge in [0.25, 0.3) is 0 Å². The molecule has 5 nitrogen and oxygen atoms in total. The van der Waals surface area contributed by atoms with Crippen LogP contribution in [0.5, 0.6) is 5.75 Å². The molecule has 2 aliphatic rings. The fourth-order valence-corrected chi connectivity index (χ4v) is 5.86. The maximum absolute atomic E-state index is 12.6. The summed E-state index contributed by atoms with van der Waals surface area (Å²) in [6, 6.07) is 15.6. The summed E-state index contributed by atoms with van der Waals surface area (Å²) in [5.74, 6) is 0.896. The highest BCUT2D eigenvalue weighted by atomic mass is 16.5. The van der Waals surface area contributed by atoms with Crippen LogP contribution in [0, 0.1) is 5.92 Å². The summed E-state index contributed by atoms with van der Waals surface area (Å²) < 4.78 is 6.10. The van der Waals surface area contributed by atoms with Crippen molar-refractivity contribution in [1.82, 2.24) is 5.32 Å². The van der Waals surface area contributed by atoms with Gasteiger partial charge in [-0.1, -0.05) is 94.0 Å². The maximum Gasteiger partial charge on any atom is 0.224 e. The zero-order chi connectivity index (χ0) is 27.5. The van der Waals surface area contributed by atoms with Gasteiger partial charge in [0.1, 0.15) is 11.4 Å². The third-order valence-electron chi connectivity index (χ3n) is 8.26. The molecular formula is C34H45NO4. The molecule has 2 atom stereocenters. The van der Waals surface area contributed by atoms with E-state index in [2.05, 4.69) is 24.4 Å². The molecule has 0 radical (unpaired) electrons. The fraction of sp³-hybridized carbons (Fsp3) is 0.529. The number of aliphatic hydroxyl groups is 1. The Morgan fingerprint density at radius 2 is 1.69 bits per heavy atom. The van der Waals surface area contributed by atoms with Gasteiger partial charge in [0, 0.05) is 42.0 Å². The molecule has 1 amide bonds. The number of carbonyl (C=O) groups is 2. The molecule has 210 valence electrons. The number of hydrogen-bond acceptors (Lipinski definition) is 4.